The van der Waals surface area contributed by atoms with Crippen molar-refractivity contribution in [2.75, 3.05) is 6.79 Å². The highest BCUT2D eigenvalue weighted by molar-refractivity contribution is 6.31. The largest absolute Gasteiger partial charge is 0.454 e. The topological polar surface area (TPSA) is 42.2 Å². The van der Waals surface area contributed by atoms with Crippen LogP contribution in [0.1, 0.15) is 18.1 Å². The zero-order valence-electron chi connectivity index (χ0n) is 8.34. The standard InChI is InChI=1S/C11H10ClNO2/c1-2-7-8(3-4-13)9(12)5-10-11(7)15-6-14-10/h5H,2-3,6H2,1H3. The first-order valence-corrected chi connectivity index (χ1v) is 5.12. The van der Waals surface area contributed by atoms with Crippen molar-refractivity contribution in [1.82, 2.24) is 0 Å². The second-order valence-electron chi connectivity index (χ2n) is 3.24. The van der Waals surface area contributed by atoms with Crippen molar-refractivity contribution in [3.63, 3.8) is 0 Å². The summed E-state index contributed by atoms with van der Waals surface area (Å²) in [5, 5.41) is 9.31. The molecule has 1 aliphatic heterocycles. The quantitative estimate of drug-likeness (QED) is 0.774. The molecule has 0 unspecified atom stereocenters. The van der Waals surface area contributed by atoms with Gasteiger partial charge in [0.25, 0.3) is 0 Å². The molecule has 0 bridgehead atoms. The fraction of sp³-hybridized carbons (Fsp3) is 0.364. The van der Waals surface area contributed by atoms with E-state index in [1.807, 2.05) is 6.92 Å². The summed E-state index contributed by atoms with van der Waals surface area (Å²) in [4.78, 5) is 0. The molecule has 3 nitrogen and oxygen atoms in total. The molecule has 0 N–H and O–H groups in total. The molecular weight excluding hydrogens is 214 g/mol. The number of benzene rings is 1. The Bertz CT molecular complexity index is 437. The highest BCUT2D eigenvalue weighted by atomic mass is 35.5. The molecule has 0 radical (unpaired) electrons. The summed E-state index contributed by atoms with van der Waals surface area (Å²) in [6.45, 7) is 2.24. The Morgan fingerprint density at radius 2 is 2.27 bits per heavy atom. The lowest BCUT2D eigenvalue weighted by atomic mass is 10.0. The van der Waals surface area contributed by atoms with Crippen LogP contribution in [-0.4, -0.2) is 6.79 Å². The number of hydrogen-bond acceptors (Lipinski definition) is 3. The number of ether oxygens (including phenoxy) is 2. The molecule has 0 fully saturated rings. The van der Waals surface area contributed by atoms with E-state index in [9.17, 15) is 0 Å². The molecule has 0 aliphatic carbocycles. The minimum atomic E-state index is 0.231. The van der Waals surface area contributed by atoms with Crippen LogP contribution in [0.15, 0.2) is 6.07 Å². The van der Waals surface area contributed by atoms with Crippen LogP contribution in [0.5, 0.6) is 11.5 Å². The molecule has 4 heteroatoms. The summed E-state index contributed by atoms with van der Waals surface area (Å²) in [7, 11) is 0. The number of nitriles is 1. The van der Waals surface area contributed by atoms with Crippen LogP contribution in [0.2, 0.25) is 5.02 Å². The summed E-state index contributed by atoms with van der Waals surface area (Å²) in [6.07, 6.45) is 1.09. The van der Waals surface area contributed by atoms with Gasteiger partial charge in [-0.3, -0.25) is 0 Å². The predicted molar refractivity (Wildman–Crippen MR) is 56.3 cm³/mol. The van der Waals surface area contributed by atoms with Gasteiger partial charge in [0.05, 0.1) is 12.5 Å². The van der Waals surface area contributed by atoms with E-state index < -0.39 is 0 Å². The van der Waals surface area contributed by atoms with E-state index >= 15 is 0 Å². The van der Waals surface area contributed by atoms with Gasteiger partial charge in [0.15, 0.2) is 11.5 Å². The highest BCUT2D eigenvalue weighted by Crippen LogP contribution is 2.41. The maximum Gasteiger partial charge on any atom is 0.231 e. The lowest BCUT2D eigenvalue weighted by Crippen LogP contribution is -1.97. The Morgan fingerprint density at radius 3 is 2.93 bits per heavy atom. The van der Waals surface area contributed by atoms with Gasteiger partial charge in [-0.25, -0.2) is 0 Å². The molecule has 0 saturated carbocycles. The van der Waals surface area contributed by atoms with Gasteiger partial charge >= 0.3 is 0 Å². The van der Waals surface area contributed by atoms with Gasteiger partial charge in [-0.2, -0.15) is 5.26 Å². The third-order valence-electron chi connectivity index (χ3n) is 2.44. The Hall–Kier alpha value is -1.40. The maximum absolute atomic E-state index is 8.73. The smallest absolute Gasteiger partial charge is 0.231 e. The molecule has 0 atom stereocenters. The fourth-order valence-corrected chi connectivity index (χ4v) is 2.04. The van der Waals surface area contributed by atoms with Crippen LogP contribution < -0.4 is 9.47 Å². The van der Waals surface area contributed by atoms with Gasteiger partial charge in [-0.05, 0) is 12.0 Å². The molecule has 0 aromatic heterocycles. The van der Waals surface area contributed by atoms with Crippen LogP contribution in [0.3, 0.4) is 0 Å². The molecule has 2 rings (SSSR count). The lowest BCUT2D eigenvalue weighted by Gasteiger charge is -2.10. The minimum absolute atomic E-state index is 0.231. The van der Waals surface area contributed by atoms with Crippen molar-refractivity contribution >= 4 is 11.6 Å². The van der Waals surface area contributed by atoms with Gasteiger partial charge in [0, 0.05) is 16.7 Å². The number of fused-ring (bicyclic) bond motifs is 1. The number of rotatable bonds is 2. The zero-order chi connectivity index (χ0) is 10.8. The second-order valence-corrected chi connectivity index (χ2v) is 3.64. The Kier molecular flexibility index (Phi) is 2.70. The van der Waals surface area contributed by atoms with Gasteiger partial charge < -0.3 is 9.47 Å². The SMILES string of the molecule is CCc1c(CC#N)c(Cl)cc2c1OCO2. The summed E-state index contributed by atoms with van der Waals surface area (Å²) < 4.78 is 10.6. The zero-order valence-corrected chi connectivity index (χ0v) is 9.10. The van der Waals surface area contributed by atoms with E-state index in [0.717, 1.165) is 23.3 Å². The Balaban J connectivity index is 2.60. The number of nitrogens with zero attached hydrogens (tertiary/aromatic N) is 1. The van der Waals surface area contributed by atoms with E-state index in [-0.39, 0.29) is 6.79 Å². The summed E-state index contributed by atoms with van der Waals surface area (Å²) in [6, 6.07) is 3.83. The molecule has 15 heavy (non-hydrogen) atoms. The first-order chi connectivity index (χ1) is 7.27. The third kappa shape index (κ3) is 1.62. The van der Waals surface area contributed by atoms with Crippen molar-refractivity contribution in [3.8, 4) is 17.6 Å². The van der Waals surface area contributed by atoms with E-state index in [4.69, 9.17) is 26.3 Å². The summed E-state index contributed by atoms with van der Waals surface area (Å²) >= 11 is 6.08. The van der Waals surface area contributed by atoms with Crippen molar-refractivity contribution in [1.29, 1.82) is 5.26 Å². The first-order valence-electron chi connectivity index (χ1n) is 4.74. The van der Waals surface area contributed by atoms with Crippen LogP contribution in [0.4, 0.5) is 0 Å². The third-order valence-corrected chi connectivity index (χ3v) is 2.77. The van der Waals surface area contributed by atoms with Crippen molar-refractivity contribution in [3.05, 3.63) is 22.2 Å². The minimum Gasteiger partial charge on any atom is -0.454 e. The van der Waals surface area contributed by atoms with Gasteiger partial charge in [0.2, 0.25) is 6.79 Å². The maximum atomic E-state index is 8.73. The predicted octanol–water partition coefficient (Wildman–Crippen LogP) is 2.70. The molecule has 0 amide bonds. The normalized spacial score (nSPS) is 12.6. The molecular formula is C11H10ClNO2. The monoisotopic (exact) mass is 223 g/mol. The number of halogens is 1. The molecule has 1 aromatic rings. The van der Waals surface area contributed by atoms with E-state index in [0.29, 0.717) is 17.2 Å². The molecule has 1 aromatic carbocycles. The molecule has 78 valence electrons. The molecule has 0 saturated heterocycles. The summed E-state index contributed by atoms with van der Waals surface area (Å²) in [5.41, 5.74) is 1.84. The van der Waals surface area contributed by atoms with Crippen molar-refractivity contribution in [2.24, 2.45) is 0 Å². The lowest BCUT2D eigenvalue weighted by molar-refractivity contribution is 0.173. The second kappa shape index (κ2) is 4.00. The Morgan fingerprint density at radius 1 is 1.47 bits per heavy atom. The number of hydrogen-bond donors (Lipinski definition) is 0. The van der Waals surface area contributed by atoms with Crippen LogP contribution >= 0.6 is 11.6 Å². The average Bonchev–Trinajstić information content (AvgIpc) is 2.66. The van der Waals surface area contributed by atoms with Crippen molar-refractivity contribution < 1.29 is 9.47 Å². The van der Waals surface area contributed by atoms with Gasteiger partial charge in [-0.15, -0.1) is 0 Å². The van der Waals surface area contributed by atoms with Crippen molar-refractivity contribution in [2.45, 2.75) is 19.8 Å². The fourth-order valence-electron chi connectivity index (χ4n) is 1.76. The summed E-state index contributed by atoms with van der Waals surface area (Å²) in [5.74, 6) is 1.42. The molecule has 1 aliphatic rings. The average molecular weight is 224 g/mol. The highest BCUT2D eigenvalue weighted by Gasteiger charge is 2.22. The van der Waals surface area contributed by atoms with Crippen LogP contribution in [-0.2, 0) is 12.8 Å². The van der Waals surface area contributed by atoms with E-state index in [1.54, 1.807) is 6.07 Å². The first kappa shape index (κ1) is 10.1. The molecule has 0 spiro atoms. The molecule has 1 heterocycles. The van der Waals surface area contributed by atoms with E-state index in [2.05, 4.69) is 6.07 Å². The van der Waals surface area contributed by atoms with Gasteiger partial charge in [0.1, 0.15) is 0 Å². The van der Waals surface area contributed by atoms with Crippen LogP contribution in [0.25, 0.3) is 0 Å². The Labute approximate surface area is 93.2 Å². The van der Waals surface area contributed by atoms with Gasteiger partial charge in [-0.1, -0.05) is 18.5 Å². The van der Waals surface area contributed by atoms with Crippen LogP contribution in [0, 0.1) is 11.3 Å². The van der Waals surface area contributed by atoms with E-state index in [1.165, 1.54) is 0 Å².